The number of rotatable bonds is 14. The Hall–Kier alpha value is -1.90. The van der Waals surface area contributed by atoms with Crippen LogP contribution in [0.5, 0.6) is 5.75 Å². The van der Waals surface area contributed by atoms with Crippen molar-refractivity contribution in [3.8, 4) is 17.0 Å². The molecule has 0 saturated heterocycles. The molecule has 0 unspecified atom stereocenters. The lowest BCUT2D eigenvalue weighted by Crippen LogP contribution is -1.97. The zero-order valence-corrected chi connectivity index (χ0v) is 17.7. The molecule has 0 amide bonds. The molecule has 0 saturated carbocycles. The van der Waals surface area contributed by atoms with Crippen LogP contribution in [-0.4, -0.2) is 11.6 Å². The average molecular weight is 386 g/mol. The zero-order chi connectivity index (χ0) is 20.0. The first-order chi connectivity index (χ1) is 13.8. The van der Waals surface area contributed by atoms with Crippen molar-refractivity contribution in [2.24, 2.45) is 0 Å². The van der Waals surface area contributed by atoms with Crippen LogP contribution < -0.4 is 4.74 Å². The number of ether oxygens (including phenoxy) is 1. The largest absolute Gasteiger partial charge is 0.491 e. The van der Waals surface area contributed by atoms with Gasteiger partial charge < -0.3 is 4.74 Å². The van der Waals surface area contributed by atoms with Crippen LogP contribution in [0.4, 0.5) is 4.39 Å². The monoisotopic (exact) mass is 385 g/mol. The molecule has 3 heteroatoms. The van der Waals surface area contributed by atoms with E-state index in [0.29, 0.717) is 12.4 Å². The molecule has 0 aliphatic heterocycles. The lowest BCUT2D eigenvalue weighted by Gasteiger charge is -2.10. The third-order valence-electron chi connectivity index (χ3n) is 5.20. The molecule has 0 spiro atoms. The van der Waals surface area contributed by atoms with E-state index in [2.05, 4.69) is 18.0 Å². The van der Waals surface area contributed by atoms with Crippen molar-refractivity contribution in [1.29, 1.82) is 0 Å². The van der Waals surface area contributed by atoms with E-state index in [1.54, 1.807) is 12.3 Å². The van der Waals surface area contributed by atoms with Crippen LogP contribution >= 0.6 is 0 Å². The molecule has 0 atom stereocenters. The van der Waals surface area contributed by atoms with Crippen LogP contribution in [0.2, 0.25) is 0 Å². The quantitative estimate of drug-likeness (QED) is 0.310. The summed E-state index contributed by atoms with van der Waals surface area (Å²) < 4.78 is 19.5. The smallest absolute Gasteiger partial charge is 0.165 e. The summed E-state index contributed by atoms with van der Waals surface area (Å²) in [6, 6.07) is 9.23. The third kappa shape index (κ3) is 7.61. The molecule has 1 aromatic heterocycles. The Morgan fingerprint density at radius 1 is 0.857 bits per heavy atom. The van der Waals surface area contributed by atoms with Gasteiger partial charge in [0.1, 0.15) is 0 Å². The second kappa shape index (κ2) is 13.3. The minimum Gasteiger partial charge on any atom is -0.491 e. The van der Waals surface area contributed by atoms with Crippen molar-refractivity contribution >= 4 is 0 Å². The van der Waals surface area contributed by atoms with Crippen molar-refractivity contribution in [2.75, 3.05) is 6.61 Å². The van der Waals surface area contributed by atoms with E-state index >= 15 is 0 Å². The highest BCUT2D eigenvalue weighted by Crippen LogP contribution is 2.27. The Morgan fingerprint density at radius 2 is 1.54 bits per heavy atom. The maximum absolute atomic E-state index is 14.2. The number of halogens is 1. The number of nitrogens with zero attached hydrogens (tertiary/aromatic N) is 1. The maximum Gasteiger partial charge on any atom is 0.165 e. The fraction of sp³-hybridized carbons (Fsp3) is 0.560. The van der Waals surface area contributed by atoms with E-state index in [1.165, 1.54) is 69.4 Å². The van der Waals surface area contributed by atoms with E-state index < -0.39 is 0 Å². The number of hydrogen-bond acceptors (Lipinski definition) is 2. The van der Waals surface area contributed by atoms with Gasteiger partial charge in [0.2, 0.25) is 0 Å². The maximum atomic E-state index is 14.2. The van der Waals surface area contributed by atoms with Crippen molar-refractivity contribution in [2.45, 2.75) is 84.5 Å². The molecule has 0 bridgehead atoms. The van der Waals surface area contributed by atoms with Gasteiger partial charge in [0.15, 0.2) is 11.6 Å². The molecule has 0 aliphatic carbocycles. The summed E-state index contributed by atoms with van der Waals surface area (Å²) >= 11 is 0. The molecule has 2 rings (SSSR count). The minimum absolute atomic E-state index is 0.304. The van der Waals surface area contributed by atoms with Crippen molar-refractivity contribution in [1.82, 2.24) is 4.98 Å². The molecule has 1 heterocycles. The standard InChI is InChI=1S/C25H36FNO/c1-3-5-6-7-8-9-10-11-12-13-15-21-16-14-19-27-25(21)22-17-18-24(28-4-2)23(26)20-22/h14,16-20H,3-13,15H2,1-2H3. The first-order valence-electron chi connectivity index (χ1n) is 11.1. The van der Waals surface area contributed by atoms with Crippen LogP contribution in [0, 0.1) is 5.82 Å². The van der Waals surface area contributed by atoms with Gasteiger partial charge in [-0.2, -0.15) is 0 Å². The first kappa shape index (κ1) is 22.4. The Morgan fingerprint density at radius 3 is 2.18 bits per heavy atom. The van der Waals surface area contributed by atoms with Crippen LogP contribution in [-0.2, 0) is 6.42 Å². The fourth-order valence-corrected chi connectivity index (χ4v) is 3.62. The van der Waals surface area contributed by atoms with Crippen molar-refractivity contribution < 1.29 is 9.13 Å². The van der Waals surface area contributed by atoms with Crippen LogP contribution in [0.1, 0.15) is 83.6 Å². The summed E-state index contributed by atoms with van der Waals surface area (Å²) in [6.45, 7) is 4.58. The molecule has 0 radical (unpaired) electrons. The van der Waals surface area contributed by atoms with Gasteiger partial charge in [-0.25, -0.2) is 4.39 Å². The first-order valence-corrected chi connectivity index (χ1v) is 11.1. The minimum atomic E-state index is -0.324. The van der Waals surface area contributed by atoms with Gasteiger partial charge in [0.25, 0.3) is 0 Å². The van der Waals surface area contributed by atoms with Crippen molar-refractivity contribution in [3.63, 3.8) is 0 Å². The highest BCUT2D eigenvalue weighted by Gasteiger charge is 2.10. The Bertz CT molecular complexity index is 686. The number of benzene rings is 1. The van der Waals surface area contributed by atoms with E-state index in [0.717, 1.165) is 24.1 Å². The summed E-state index contributed by atoms with van der Waals surface area (Å²) in [7, 11) is 0. The summed E-state index contributed by atoms with van der Waals surface area (Å²) in [5, 5.41) is 0. The van der Waals surface area contributed by atoms with Crippen LogP contribution in [0.25, 0.3) is 11.3 Å². The predicted molar refractivity (Wildman–Crippen MR) is 116 cm³/mol. The van der Waals surface area contributed by atoms with E-state index in [4.69, 9.17) is 4.74 Å². The molecule has 1 aromatic carbocycles. The van der Waals surface area contributed by atoms with Gasteiger partial charge in [-0.3, -0.25) is 4.98 Å². The molecule has 0 N–H and O–H groups in total. The molecule has 2 nitrogen and oxygen atoms in total. The highest BCUT2D eigenvalue weighted by molar-refractivity contribution is 5.64. The molecule has 0 aliphatic rings. The zero-order valence-electron chi connectivity index (χ0n) is 17.7. The van der Waals surface area contributed by atoms with Crippen molar-refractivity contribution in [3.05, 3.63) is 47.9 Å². The predicted octanol–water partition coefficient (Wildman–Crippen LogP) is 7.75. The van der Waals surface area contributed by atoms with Gasteiger partial charge >= 0.3 is 0 Å². The lowest BCUT2D eigenvalue weighted by atomic mass is 9.99. The van der Waals surface area contributed by atoms with E-state index in [1.807, 2.05) is 19.1 Å². The number of unbranched alkanes of at least 4 members (excludes halogenated alkanes) is 9. The van der Waals surface area contributed by atoms with Gasteiger partial charge in [0.05, 0.1) is 12.3 Å². The Kier molecular flexibility index (Phi) is 10.6. The highest BCUT2D eigenvalue weighted by atomic mass is 19.1. The number of pyridine rings is 1. The lowest BCUT2D eigenvalue weighted by molar-refractivity contribution is 0.321. The molecule has 28 heavy (non-hydrogen) atoms. The average Bonchev–Trinajstić information content (AvgIpc) is 2.71. The third-order valence-corrected chi connectivity index (χ3v) is 5.20. The molecule has 0 fully saturated rings. The van der Waals surface area contributed by atoms with Gasteiger partial charge in [0, 0.05) is 11.8 Å². The second-order valence-corrected chi connectivity index (χ2v) is 7.52. The molecular formula is C25H36FNO. The topological polar surface area (TPSA) is 22.1 Å². The molecular weight excluding hydrogens is 349 g/mol. The number of aryl methyl sites for hydroxylation is 1. The van der Waals surface area contributed by atoms with E-state index in [-0.39, 0.29) is 5.82 Å². The Balaban J connectivity index is 1.79. The van der Waals surface area contributed by atoms with Gasteiger partial charge in [-0.15, -0.1) is 0 Å². The second-order valence-electron chi connectivity index (χ2n) is 7.52. The molecule has 2 aromatic rings. The summed E-state index contributed by atoms with van der Waals surface area (Å²) in [5.41, 5.74) is 2.91. The fourth-order valence-electron chi connectivity index (χ4n) is 3.62. The molecule has 154 valence electrons. The van der Waals surface area contributed by atoms with Crippen LogP contribution in [0.3, 0.4) is 0 Å². The van der Waals surface area contributed by atoms with E-state index in [9.17, 15) is 4.39 Å². The normalized spacial score (nSPS) is 11.0. The summed E-state index contributed by atoms with van der Waals surface area (Å²) in [6.07, 6.45) is 16.1. The van der Waals surface area contributed by atoms with Gasteiger partial charge in [-0.05, 0) is 49.6 Å². The van der Waals surface area contributed by atoms with Crippen LogP contribution in [0.15, 0.2) is 36.5 Å². The summed E-state index contributed by atoms with van der Waals surface area (Å²) in [4.78, 5) is 4.52. The number of aromatic nitrogens is 1. The van der Waals surface area contributed by atoms with Gasteiger partial charge in [-0.1, -0.05) is 70.8 Å². The SMILES string of the molecule is CCCCCCCCCCCCc1cccnc1-c1ccc(OCC)c(F)c1. The number of hydrogen-bond donors (Lipinski definition) is 0. The summed E-state index contributed by atoms with van der Waals surface area (Å²) in [5.74, 6) is -0.0201. The Labute approximate surface area is 170 Å².